The zero-order chi connectivity index (χ0) is 10.7. The largest absolute Gasteiger partial charge is 0.363 e. The molecule has 1 heterocycles. The summed E-state index contributed by atoms with van der Waals surface area (Å²) in [5.41, 5.74) is 4.66. The molecule has 0 aliphatic carbocycles. The lowest BCUT2D eigenvalue weighted by atomic mass is 10.2. The van der Waals surface area contributed by atoms with Crippen molar-refractivity contribution >= 4 is 5.82 Å². The molecule has 0 aliphatic rings. The molecule has 1 aromatic rings. The topological polar surface area (TPSA) is 82.0 Å². The number of hydrogen-bond donors (Lipinski definition) is 1. The molecule has 0 saturated carbocycles. The van der Waals surface area contributed by atoms with Gasteiger partial charge in [0.25, 0.3) is 0 Å². The van der Waals surface area contributed by atoms with E-state index in [4.69, 9.17) is 5.73 Å². The second-order valence-corrected chi connectivity index (χ2v) is 2.48. The average molecular weight is 203 g/mol. The molecule has 0 saturated heterocycles. The summed E-state index contributed by atoms with van der Waals surface area (Å²) in [7, 11) is 0. The van der Waals surface area contributed by atoms with Gasteiger partial charge in [-0.15, -0.1) is 0 Å². The molecule has 0 aromatic carbocycles. The van der Waals surface area contributed by atoms with Crippen LogP contribution in [0.25, 0.3) is 0 Å². The van der Waals surface area contributed by atoms with E-state index in [1.54, 1.807) is 0 Å². The van der Waals surface area contributed by atoms with Crippen molar-refractivity contribution < 1.29 is 13.7 Å². The number of rotatable bonds is 3. The van der Waals surface area contributed by atoms with Crippen LogP contribution < -0.4 is 5.73 Å². The first kappa shape index (κ1) is 10.5. The van der Waals surface area contributed by atoms with Crippen LogP contribution in [0.4, 0.5) is 14.6 Å². The van der Waals surface area contributed by atoms with Gasteiger partial charge in [-0.3, -0.25) is 0 Å². The van der Waals surface area contributed by atoms with Crippen LogP contribution in [0.1, 0.15) is 17.7 Å². The first-order chi connectivity index (χ1) is 6.56. The number of nitrogens with two attached hydrogens (primary N) is 1. The number of aromatic nitrogens is 1. The van der Waals surface area contributed by atoms with Crippen molar-refractivity contribution in [1.29, 1.82) is 0 Å². The molecular formula is C7H7F2N3O2. The number of nitro groups is 1. The zero-order valence-corrected chi connectivity index (χ0v) is 6.98. The predicted molar refractivity (Wildman–Crippen MR) is 43.7 cm³/mol. The molecule has 76 valence electrons. The van der Waals surface area contributed by atoms with Crippen molar-refractivity contribution in [2.45, 2.75) is 13.0 Å². The summed E-state index contributed by atoms with van der Waals surface area (Å²) in [5.74, 6) is -0.600. The van der Waals surface area contributed by atoms with Gasteiger partial charge in [0.1, 0.15) is 0 Å². The molecule has 0 unspecified atom stereocenters. The third-order valence-electron chi connectivity index (χ3n) is 1.61. The van der Waals surface area contributed by atoms with E-state index in [1.807, 2.05) is 0 Å². The third-order valence-corrected chi connectivity index (χ3v) is 1.61. The van der Waals surface area contributed by atoms with Crippen molar-refractivity contribution in [1.82, 2.24) is 4.98 Å². The molecule has 0 amide bonds. The molecule has 1 rings (SSSR count). The third kappa shape index (κ3) is 1.99. The molecule has 0 spiro atoms. The Morgan fingerprint density at radius 1 is 1.57 bits per heavy atom. The van der Waals surface area contributed by atoms with E-state index in [0.29, 0.717) is 0 Å². The van der Waals surface area contributed by atoms with Crippen molar-refractivity contribution in [3.8, 4) is 0 Å². The van der Waals surface area contributed by atoms with Crippen molar-refractivity contribution in [3.63, 3.8) is 0 Å². The Labute approximate surface area is 77.7 Å². The van der Waals surface area contributed by atoms with Gasteiger partial charge in [-0.25, -0.2) is 8.78 Å². The summed E-state index contributed by atoms with van der Waals surface area (Å²) < 4.78 is 24.6. The SMILES string of the molecule is NCc1ccc([N+](=O)[O-])nc1C(F)F. The van der Waals surface area contributed by atoms with Gasteiger partial charge in [0, 0.05) is 18.2 Å². The lowest BCUT2D eigenvalue weighted by Crippen LogP contribution is -2.06. The molecule has 0 radical (unpaired) electrons. The van der Waals surface area contributed by atoms with Crippen LogP contribution in [0, 0.1) is 10.1 Å². The molecule has 2 N–H and O–H groups in total. The van der Waals surface area contributed by atoms with Crippen LogP contribution in [0.2, 0.25) is 0 Å². The molecule has 0 bridgehead atoms. The second kappa shape index (κ2) is 4.05. The van der Waals surface area contributed by atoms with Gasteiger partial charge in [-0.2, -0.15) is 0 Å². The number of nitrogens with zero attached hydrogens (tertiary/aromatic N) is 2. The van der Waals surface area contributed by atoms with Gasteiger partial charge >= 0.3 is 12.2 Å². The highest BCUT2D eigenvalue weighted by molar-refractivity contribution is 5.29. The Bertz CT molecular complexity index is 357. The van der Waals surface area contributed by atoms with Gasteiger partial charge in [0.15, 0.2) is 0 Å². The summed E-state index contributed by atoms with van der Waals surface area (Å²) in [6.45, 7) is -0.120. The summed E-state index contributed by atoms with van der Waals surface area (Å²) in [6.07, 6.45) is -2.85. The maximum atomic E-state index is 12.3. The fourth-order valence-electron chi connectivity index (χ4n) is 0.956. The number of pyridine rings is 1. The molecule has 5 nitrogen and oxygen atoms in total. The van der Waals surface area contributed by atoms with Gasteiger partial charge in [0.2, 0.25) is 5.69 Å². The number of alkyl halides is 2. The van der Waals surface area contributed by atoms with E-state index in [1.165, 1.54) is 6.07 Å². The molecule has 0 fully saturated rings. The maximum absolute atomic E-state index is 12.3. The zero-order valence-electron chi connectivity index (χ0n) is 6.98. The Hall–Kier alpha value is -1.63. The minimum Gasteiger partial charge on any atom is -0.358 e. The fraction of sp³-hybridized carbons (Fsp3) is 0.286. The van der Waals surface area contributed by atoms with Gasteiger partial charge < -0.3 is 15.8 Å². The highest BCUT2D eigenvalue weighted by atomic mass is 19.3. The smallest absolute Gasteiger partial charge is 0.358 e. The summed E-state index contributed by atoms with van der Waals surface area (Å²) in [5, 5.41) is 10.2. The van der Waals surface area contributed by atoms with E-state index in [2.05, 4.69) is 4.98 Å². The molecule has 14 heavy (non-hydrogen) atoms. The van der Waals surface area contributed by atoms with Crippen LogP contribution in [-0.4, -0.2) is 9.91 Å². The predicted octanol–water partition coefficient (Wildman–Crippen LogP) is 1.39. The number of halogens is 2. The first-order valence-electron chi connectivity index (χ1n) is 3.68. The van der Waals surface area contributed by atoms with Gasteiger partial charge in [-0.1, -0.05) is 0 Å². The highest BCUT2D eigenvalue weighted by Gasteiger charge is 2.22. The monoisotopic (exact) mass is 203 g/mol. The Morgan fingerprint density at radius 3 is 2.64 bits per heavy atom. The highest BCUT2D eigenvalue weighted by Crippen LogP contribution is 2.23. The quantitative estimate of drug-likeness (QED) is 0.594. The molecule has 1 aromatic heterocycles. The molecular weight excluding hydrogens is 196 g/mol. The average Bonchev–Trinajstić information content (AvgIpc) is 2.16. The Morgan fingerprint density at radius 2 is 2.21 bits per heavy atom. The summed E-state index contributed by atoms with van der Waals surface area (Å²) in [4.78, 5) is 12.6. The fourth-order valence-corrected chi connectivity index (χ4v) is 0.956. The van der Waals surface area contributed by atoms with Crippen LogP contribution in [0.3, 0.4) is 0 Å². The molecule has 0 atom stereocenters. The molecule has 0 aliphatic heterocycles. The van der Waals surface area contributed by atoms with Crippen molar-refractivity contribution in [2.75, 3.05) is 0 Å². The summed E-state index contributed by atoms with van der Waals surface area (Å²) in [6, 6.07) is 2.24. The van der Waals surface area contributed by atoms with E-state index in [-0.39, 0.29) is 12.1 Å². The maximum Gasteiger partial charge on any atom is 0.363 e. The standard InChI is InChI=1S/C7H7F2N3O2/c8-7(9)6-4(3-10)1-2-5(11-6)12(13)14/h1-2,7H,3,10H2. The van der Waals surface area contributed by atoms with Crippen LogP contribution in [0.15, 0.2) is 12.1 Å². The van der Waals surface area contributed by atoms with E-state index >= 15 is 0 Å². The van der Waals surface area contributed by atoms with Gasteiger partial charge in [0.05, 0.1) is 0 Å². The van der Waals surface area contributed by atoms with Crippen molar-refractivity contribution in [2.24, 2.45) is 5.73 Å². The van der Waals surface area contributed by atoms with Crippen LogP contribution in [0.5, 0.6) is 0 Å². The Balaban J connectivity index is 3.20. The first-order valence-corrected chi connectivity index (χ1v) is 3.68. The summed E-state index contributed by atoms with van der Waals surface area (Å²) >= 11 is 0. The van der Waals surface area contributed by atoms with Crippen LogP contribution >= 0.6 is 0 Å². The van der Waals surface area contributed by atoms with Gasteiger partial charge in [-0.05, 0) is 16.0 Å². The minimum absolute atomic E-state index is 0.116. The van der Waals surface area contributed by atoms with Crippen LogP contribution in [-0.2, 0) is 6.54 Å². The lowest BCUT2D eigenvalue weighted by molar-refractivity contribution is -0.389. The second-order valence-electron chi connectivity index (χ2n) is 2.48. The van der Waals surface area contributed by atoms with E-state index in [0.717, 1.165) is 6.07 Å². The lowest BCUT2D eigenvalue weighted by Gasteiger charge is -2.01. The molecule has 7 heteroatoms. The normalized spacial score (nSPS) is 10.6. The Kier molecular flexibility index (Phi) is 3.03. The van der Waals surface area contributed by atoms with Crippen molar-refractivity contribution in [3.05, 3.63) is 33.5 Å². The number of hydrogen-bond acceptors (Lipinski definition) is 4. The minimum atomic E-state index is -2.85. The van der Waals surface area contributed by atoms with E-state index < -0.39 is 22.9 Å². The van der Waals surface area contributed by atoms with E-state index in [9.17, 15) is 18.9 Å².